The van der Waals surface area contributed by atoms with Crippen LogP contribution in [0.4, 0.5) is 11.4 Å². The molecule has 0 aliphatic heterocycles. The van der Waals surface area contributed by atoms with Crippen LogP contribution in [0.5, 0.6) is 5.75 Å². The summed E-state index contributed by atoms with van der Waals surface area (Å²) in [4.78, 5) is 20.4. The molecular weight excluding hydrogens is 328 g/mol. The lowest BCUT2D eigenvalue weighted by Gasteiger charge is -2.09. The summed E-state index contributed by atoms with van der Waals surface area (Å²) in [5.41, 5.74) is 3.03. The van der Waals surface area contributed by atoms with E-state index in [0.29, 0.717) is 18.8 Å². The van der Waals surface area contributed by atoms with E-state index in [-0.39, 0.29) is 5.91 Å². The smallest absolute Gasteiger partial charge is 0.270 e. The van der Waals surface area contributed by atoms with E-state index in [4.69, 9.17) is 4.74 Å². The molecule has 0 unspecified atom stereocenters. The molecule has 0 radical (unpaired) electrons. The molecule has 1 aromatic carbocycles. The molecule has 2 N–H and O–H groups in total. The topological polar surface area (TPSA) is 76.1 Å². The largest absolute Gasteiger partial charge is 0.494 e. The number of anilines is 2. The van der Waals surface area contributed by atoms with E-state index in [0.717, 1.165) is 22.7 Å². The van der Waals surface area contributed by atoms with Gasteiger partial charge in [-0.05, 0) is 55.0 Å². The van der Waals surface area contributed by atoms with Crippen LogP contribution in [-0.4, -0.2) is 22.5 Å². The van der Waals surface area contributed by atoms with Gasteiger partial charge in [0.2, 0.25) is 0 Å². The number of carbonyl (C=O) groups is 1. The van der Waals surface area contributed by atoms with E-state index in [1.165, 1.54) is 0 Å². The maximum Gasteiger partial charge on any atom is 0.270 e. The van der Waals surface area contributed by atoms with Gasteiger partial charge in [-0.25, -0.2) is 4.98 Å². The minimum atomic E-state index is -0.221. The molecule has 6 heteroatoms. The van der Waals surface area contributed by atoms with Crippen molar-refractivity contribution in [1.29, 1.82) is 0 Å². The fraction of sp³-hybridized carbons (Fsp3) is 0.150. The average molecular weight is 348 g/mol. The third-order valence-corrected chi connectivity index (χ3v) is 3.63. The van der Waals surface area contributed by atoms with Gasteiger partial charge in [-0.15, -0.1) is 0 Å². The summed E-state index contributed by atoms with van der Waals surface area (Å²) < 4.78 is 5.42. The van der Waals surface area contributed by atoms with Crippen LogP contribution in [0.15, 0.2) is 67.1 Å². The van der Waals surface area contributed by atoms with Crippen molar-refractivity contribution in [2.75, 3.05) is 11.9 Å². The number of hydrogen-bond acceptors (Lipinski definition) is 5. The zero-order valence-electron chi connectivity index (χ0n) is 14.5. The molecule has 6 nitrogen and oxygen atoms in total. The minimum absolute atomic E-state index is 0.221. The number of pyridine rings is 2. The van der Waals surface area contributed by atoms with Crippen molar-refractivity contribution in [2.24, 2.45) is 0 Å². The predicted molar refractivity (Wildman–Crippen MR) is 101 cm³/mol. The number of benzene rings is 1. The fourth-order valence-electron chi connectivity index (χ4n) is 2.35. The van der Waals surface area contributed by atoms with Crippen molar-refractivity contribution in [3.8, 4) is 5.75 Å². The van der Waals surface area contributed by atoms with E-state index in [1.54, 1.807) is 24.7 Å². The molecule has 3 aromatic rings. The van der Waals surface area contributed by atoms with Gasteiger partial charge in [0.15, 0.2) is 0 Å². The Bertz CT molecular complexity index is 834. The standard InChI is InChI=1S/C20H20N4O2/c1-2-26-18-8-5-16(6-9-18)24-17-7-10-19(22-14-17)20(25)23-13-15-4-3-11-21-12-15/h3-12,14,24H,2,13H2,1H3,(H,23,25). The van der Waals surface area contributed by atoms with Gasteiger partial charge in [0.25, 0.3) is 5.91 Å². The summed E-state index contributed by atoms with van der Waals surface area (Å²) in [5, 5.41) is 6.07. The lowest BCUT2D eigenvalue weighted by atomic mass is 10.2. The Morgan fingerprint density at radius 3 is 2.50 bits per heavy atom. The van der Waals surface area contributed by atoms with Crippen molar-refractivity contribution < 1.29 is 9.53 Å². The Labute approximate surface area is 152 Å². The summed E-state index contributed by atoms with van der Waals surface area (Å²) >= 11 is 0. The van der Waals surface area contributed by atoms with E-state index >= 15 is 0 Å². The lowest BCUT2D eigenvalue weighted by Crippen LogP contribution is -2.23. The van der Waals surface area contributed by atoms with Gasteiger partial charge in [0, 0.05) is 24.6 Å². The first-order valence-corrected chi connectivity index (χ1v) is 8.37. The molecule has 26 heavy (non-hydrogen) atoms. The summed E-state index contributed by atoms with van der Waals surface area (Å²) in [5.74, 6) is 0.610. The second-order valence-corrected chi connectivity index (χ2v) is 5.56. The zero-order valence-corrected chi connectivity index (χ0v) is 14.5. The number of nitrogens with one attached hydrogen (secondary N) is 2. The fourth-order valence-corrected chi connectivity index (χ4v) is 2.35. The predicted octanol–water partition coefficient (Wildman–Crippen LogP) is 3.55. The van der Waals surface area contributed by atoms with Gasteiger partial charge >= 0.3 is 0 Å². The van der Waals surface area contributed by atoms with Crippen molar-refractivity contribution in [3.05, 3.63) is 78.4 Å². The highest BCUT2D eigenvalue weighted by molar-refractivity contribution is 5.92. The van der Waals surface area contributed by atoms with Crippen molar-refractivity contribution in [1.82, 2.24) is 15.3 Å². The number of rotatable bonds is 7. The Balaban J connectivity index is 1.56. The highest BCUT2D eigenvalue weighted by Crippen LogP contribution is 2.19. The quantitative estimate of drug-likeness (QED) is 0.683. The maximum absolute atomic E-state index is 12.2. The maximum atomic E-state index is 12.2. The van der Waals surface area contributed by atoms with Crippen LogP contribution in [0.1, 0.15) is 23.0 Å². The van der Waals surface area contributed by atoms with Crippen LogP contribution in [0, 0.1) is 0 Å². The molecule has 132 valence electrons. The molecule has 2 aromatic heterocycles. The zero-order chi connectivity index (χ0) is 18.2. The van der Waals surface area contributed by atoms with Crippen LogP contribution >= 0.6 is 0 Å². The summed E-state index contributed by atoms with van der Waals surface area (Å²) in [7, 11) is 0. The Morgan fingerprint density at radius 1 is 1.04 bits per heavy atom. The highest BCUT2D eigenvalue weighted by Gasteiger charge is 2.07. The van der Waals surface area contributed by atoms with Gasteiger partial charge in [-0.1, -0.05) is 6.07 Å². The third kappa shape index (κ3) is 4.80. The molecule has 0 saturated heterocycles. The second-order valence-electron chi connectivity index (χ2n) is 5.56. The number of carbonyl (C=O) groups excluding carboxylic acids is 1. The van der Waals surface area contributed by atoms with Gasteiger partial charge in [-0.3, -0.25) is 9.78 Å². The Morgan fingerprint density at radius 2 is 1.85 bits per heavy atom. The Kier molecular flexibility index (Phi) is 5.77. The van der Waals surface area contributed by atoms with Gasteiger partial charge < -0.3 is 15.4 Å². The SMILES string of the molecule is CCOc1ccc(Nc2ccc(C(=O)NCc3cccnc3)nc2)cc1. The summed E-state index contributed by atoms with van der Waals surface area (Å²) in [6.07, 6.45) is 5.05. The van der Waals surface area contributed by atoms with Crippen LogP contribution in [0.2, 0.25) is 0 Å². The molecule has 0 aliphatic rings. The molecule has 0 aliphatic carbocycles. The normalized spacial score (nSPS) is 10.2. The summed E-state index contributed by atoms with van der Waals surface area (Å²) in [6, 6.07) is 14.9. The number of aromatic nitrogens is 2. The van der Waals surface area contributed by atoms with Crippen LogP contribution in [-0.2, 0) is 6.54 Å². The lowest BCUT2D eigenvalue weighted by molar-refractivity contribution is 0.0946. The van der Waals surface area contributed by atoms with Gasteiger partial charge in [0.1, 0.15) is 11.4 Å². The number of hydrogen-bond donors (Lipinski definition) is 2. The van der Waals surface area contributed by atoms with Crippen LogP contribution in [0.3, 0.4) is 0 Å². The van der Waals surface area contributed by atoms with Crippen molar-refractivity contribution in [2.45, 2.75) is 13.5 Å². The molecule has 2 heterocycles. The first kappa shape index (κ1) is 17.4. The molecule has 0 fully saturated rings. The van der Waals surface area contributed by atoms with Crippen molar-refractivity contribution >= 4 is 17.3 Å². The number of ether oxygens (including phenoxy) is 1. The van der Waals surface area contributed by atoms with Crippen LogP contribution < -0.4 is 15.4 Å². The minimum Gasteiger partial charge on any atom is -0.494 e. The van der Waals surface area contributed by atoms with E-state index in [2.05, 4.69) is 20.6 Å². The third-order valence-electron chi connectivity index (χ3n) is 3.63. The van der Waals surface area contributed by atoms with Gasteiger partial charge in [0.05, 0.1) is 18.5 Å². The second kappa shape index (κ2) is 8.62. The molecule has 0 bridgehead atoms. The molecular formula is C20H20N4O2. The first-order valence-electron chi connectivity index (χ1n) is 8.37. The number of amides is 1. The molecule has 0 spiro atoms. The molecule has 0 saturated carbocycles. The van der Waals surface area contributed by atoms with Gasteiger partial charge in [-0.2, -0.15) is 0 Å². The monoisotopic (exact) mass is 348 g/mol. The van der Waals surface area contributed by atoms with Crippen LogP contribution in [0.25, 0.3) is 0 Å². The van der Waals surface area contributed by atoms with E-state index in [9.17, 15) is 4.79 Å². The molecule has 0 atom stereocenters. The van der Waals surface area contributed by atoms with E-state index < -0.39 is 0 Å². The van der Waals surface area contributed by atoms with E-state index in [1.807, 2.05) is 49.4 Å². The number of nitrogens with zero attached hydrogens (tertiary/aromatic N) is 2. The summed E-state index contributed by atoms with van der Waals surface area (Å²) in [6.45, 7) is 3.01. The first-order chi connectivity index (χ1) is 12.7. The molecule has 3 rings (SSSR count). The van der Waals surface area contributed by atoms with Crippen molar-refractivity contribution in [3.63, 3.8) is 0 Å². The Hall–Kier alpha value is -3.41. The molecule has 1 amide bonds. The highest BCUT2D eigenvalue weighted by atomic mass is 16.5. The average Bonchev–Trinajstić information content (AvgIpc) is 2.69.